The van der Waals surface area contributed by atoms with Crippen molar-refractivity contribution < 1.29 is 28.6 Å². The molecule has 1 atom stereocenters. The van der Waals surface area contributed by atoms with Crippen molar-refractivity contribution in [3.05, 3.63) is 72.9 Å². The molecule has 416 valence electrons. The van der Waals surface area contributed by atoms with E-state index in [0.717, 1.165) is 103 Å². The molecule has 0 rings (SSSR count). The molecule has 0 spiro atoms. The number of hydrogen-bond donors (Lipinski definition) is 0. The summed E-state index contributed by atoms with van der Waals surface area (Å²) in [6.07, 6.45) is 77.7. The van der Waals surface area contributed by atoms with E-state index < -0.39 is 6.10 Å². The van der Waals surface area contributed by atoms with Crippen LogP contribution < -0.4 is 0 Å². The standard InChI is InChI=1S/C66H116O6/c1-4-7-10-13-16-19-22-24-26-28-30-31-32-33-34-35-37-38-40-42-44-47-50-53-56-59-65(68)71-62-63(61-70-64(67)58-55-52-49-46-21-18-15-12-9-6-3)72-66(69)60-57-54-51-48-45-43-41-39-36-29-27-25-23-20-17-14-11-8-5-2/h12,15,17,20,22,24-25,27-28,30,36,39,63H,4-11,13-14,16,18-19,21,23,26,29,31-35,37-38,40-62H2,1-3H3/b15-12-,20-17-,24-22-,27-25-,30-28-,39-36-. The highest BCUT2D eigenvalue weighted by Gasteiger charge is 2.19. The number of esters is 3. The van der Waals surface area contributed by atoms with Crippen molar-refractivity contribution in [3.63, 3.8) is 0 Å². The van der Waals surface area contributed by atoms with Crippen LogP contribution in [0.15, 0.2) is 72.9 Å². The molecule has 6 nitrogen and oxygen atoms in total. The summed E-state index contributed by atoms with van der Waals surface area (Å²) in [5.41, 5.74) is 0. The van der Waals surface area contributed by atoms with Crippen molar-refractivity contribution in [1.82, 2.24) is 0 Å². The third-order valence-corrected chi connectivity index (χ3v) is 13.4. The predicted molar refractivity (Wildman–Crippen MR) is 311 cm³/mol. The van der Waals surface area contributed by atoms with Crippen LogP contribution in [0.2, 0.25) is 0 Å². The van der Waals surface area contributed by atoms with Gasteiger partial charge in [0, 0.05) is 19.3 Å². The molecule has 0 bridgehead atoms. The van der Waals surface area contributed by atoms with E-state index in [1.54, 1.807) is 0 Å². The van der Waals surface area contributed by atoms with Crippen molar-refractivity contribution in [3.8, 4) is 0 Å². The van der Waals surface area contributed by atoms with Gasteiger partial charge >= 0.3 is 17.9 Å². The van der Waals surface area contributed by atoms with Crippen LogP contribution in [0.4, 0.5) is 0 Å². The van der Waals surface area contributed by atoms with E-state index >= 15 is 0 Å². The average Bonchev–Trinajstić information content (AvgIpc) is 3.38. The second-order valence-corrected chi connectivity index (χ2v) is 20.6. The van der Waals surface area contributed by atoms with E-state index in [1.807, 2.05) is 0 Å². The van der Waals surface area contributed by atoms with Crippen molar-refractivity contribution >= 4 is 17.9 Å². The molecule has 0 aromatic carbocycles. The largest absolute Gasteiger partial charge is 0.462 e. The monoisotopic (exact) mass is 1000 g/mol. The van der Waals surface area contributed by atoms with E-state index in [9.17, 15) is 14.4 Å². The molecule has 0 fully saturated rings. The Labute approximate surface area is 446 Å². The summed E-state index contributed by atoms with van der Waals surface area (Å²) in [6.45, 7) is 6.55. The first-order chi connectivity index (χ1) is 35.5. The van der Waals surface area contributed by atoms with Gasteiger partial charge < -0.3 is 14.2 Å². The highest BCUT2D eigenvalue weighted by atomic mass is 16.6. The molecule has 0 heterocycles. The molecule has 0 aromatic rings. The number of ether oxygens (including phenoxy) is 3. The molecule has 0 aliphatic rings. The Kier molecular flexibility index (Phi) is 57.8. The number of allylic oxidation sites excluding steroid dienone is 12. The Bertz CT molecular complexity index is 1340. The quantitative estimate of drug-likeness (QED) is 0.0261. The normalized spacial score (nSPS) is 12.5. The Morgan fingerprint density at radius 2 is 0.528 bits per heavy atom. The maximum atomic E-state index is 12.9. The van der Waals surface area contributed by atoms with E-state index in [-0.39, 0.29) is 31.1 Å². The summed E-state index contributed by atoms with van der Waals surface area (Å²) in [4.78, 5) is 38.2. The fraction of sp³-hybridized carbons (Fsp3) is 0.773. The Morgan fingerprint density at radius 3 is 0.875 bits per heavy atom. The number of carbonyl (C=O) groups excluding carboxylic acids is 3. The van der Waals surface area contributed by atoms with Crippen LogP contribution in [0.3, 0.4) is 0 Å². The molecule has 0 aliphatic heterocycles. The zero-order valence-corrected chi connectivity index (χ0v) is 47.7. The fourth-order valence-corrected chi connectivity index (χ4v) is 8.72. The summed E-state index contributed by atoms with van der Waals surface area (Å²) in [5, 5.41) is 0. The van der Waals surface area contributed by atoms with Crippen LogP contribution in [0, 0.1) is 0 Å². The first kappa shape index (κ1) is 68.8. The van der Waals surface area contributed by atoms with Gasteiger partial charge in [-0.05, 0) is 109 Å². The van der Waals surface area contributed by atoms with E-state index in [0.29, 0.717) is 19.3 Å². The maximum Gasteiger partial charge on any atom is 0.306 e. The van der Waals surface area contributed by atoms with Crippen LogP contribution in [0.25, 0.3) is 0 Å². The minimum atomic E-state index is -0.786. The Hall–Kier alpha value is -3.15. The van der Waals surface area contributed by atoms with Gasteiger partial charge in [0.2, 0.25) is 0 Å². The first-order valence-electron chi connectivity index (χ1n) is 30.9. The van der Waals surface area contributed by atoms with E-state index in [4.69, 9.17) is 14.2 Å². The van der Waals surface area contributed by atoms with Crippen molar-refractivity contribution in [2.24, 2.45) is 0 Å². The SMILES string of the molecule is CCC/C=C\CCCCCCCC(=O)OCC(COC(=O)CCCCCCCCCCCCCCC/C=C\C/C=C\CCCCCCC)OC(=O)CCCCCCCC/C=C\C/C=C\C/C=C\CCCCC. The van der Waals surface area contributed by atoms with Gasteiger partial charge in [-0.1, -0.05) is 254 Å². The second-order valence-electron chi connectivity index (χ2n) is 20.6. The molecule has 72 heavy (non-hydrogen) atoms. The minimum absolute atomic E-state index is 0.0827. The van der Waals surface area contributed by atoms with Crippen molar-refractivity contribution in [1.29, 1.82) is 0 Å². The van der Waals surface area contributed by atoms with Crippen molar-refractivity contribution in [2.75, 3.05) is 13.2 Å². The molecular formula is C66H116O6. The first-order valence-corrected chi connectivity index (χ1v) is 30.9. The van der Waals surface area contributed by atoms with Gasteiger partial charge in [-0.3, -0.25) is 14.4 Å². The highest BCUT2D eigenvalue weighted by Crippen LogP contribution is 2.16. The van der Waals surface area contributed by atoms with Crippen LogP contribution in [-0.4, -0.2) is 37.2 Å². The molecule has 0 radical (unpaired) electrons. The van der Waals surface area contributed by atoms with Gasteiger partial charge in [-0.15, -0.1) is 0 Å². The molecule has 0 aromatic heterocycles. The number of hydrogen-bond acceptors (Lipinski definition) is 6. The molecule has 1 unspecified atom stereocenters. The minimum Gasteiger partial charge on any atom is -0.462 e. The van der Waals surface area contributed by atoms with Crippen LogP contribution in [-0.2, 0) is 28.6 Å². The van der Waals surface area contributed by atoms with Gasteiger partial charge in [-0.25, -0.2) is 0 Å². The van der Waals surface area contributed by atoms with Gasteiger partial charge in [0.1, 0.15) is 13.2 Å². The van der Waals surface area contributed by atoms with Crippen LogP contribution in [0.1, 0.15) is 310 Å². The van der Waals surface area contributed by atoms with Gasteiger partial charge in [0.05, 0.1) is 0 Å². The third kappa shape index (κ3) is 57.7. The third-order valence-electron chi connectivity index (χ3n) is 13.4. The van der Waals surface area contributed by atoms with Gasteiger partial charge in [0.25, 0.3) is 0 Å². The molecule has 0 saturated heterocycles. The lowest BCUT2D eigenvalue weighted by molar-refractivity contribution is -0.167. The molecule has 0 aliphatic carbocycles. The topological polar surface area (TPSA) is 78.9 Å². The highest BCUT2D eigenvalue weighted by molar-refractivity contribution is 5.71. The number of carbonyl (C=O) groups is 3. The van der Waals surface area contributed by atoms with Gasteiger partial charge in [-0.2, -0.15) is 0 Å². The smallest absolute Gasteiger partial charge is 0.306 e. The lowest BCUT2D eigenvalue weighted by atomic mass is 10.0. The maximum absolute atomic E-state index is 12.9. The summed E-state index contributed by atoms with van der Waals surface area (Å²) >= 11 is 0. The second kappa shape index (κ2) is 60.4. The Morgan fingerprint density at radius 1 is 0.278 bits per heavy atom. The van der Waals surface area contributed by atoms with Crippen LogP contribution >= 0.6 is 0 Å². The van der Waals surface area contributed by atoms with Crippen molar-refractivity contribution in [2.45, 2.75) is 316 Å². The average molecular weight is 1010 g/mol. The lowest BCUT2D eigenvalue weighted by Crippen LogP contribution is -2.30. The number of rotatable bonds is 56. The zero-order chi connectivity index (χ0) is 52.2. The molecule has 0 N–H and O–H groups in total. The summed E-state index contributed by atoms with van der Waals surface area (Å²) in [5.74, 6) is -0.897. The molecule has 0 saturated carbocycles. The zero-order valence-electron chi connectivity index (χ0n) is 47.7. The van der Waals surface area contributed by atoms with E-state index in [2.05, 4.69) is 93.7 Å². The van der Waals surface area contributed by atoms with Crippen LogP contribution in [0.5, 0.6) is 0 Å². The Balaban J connectivity index is 4.25. The fourth-order valence-electron chi connectivity index (χ4n) is 8.72. The summed E-state index contributed by atoms with van der Waals surface area (Å²) < 4.78 is 16.9. The molecule has 0 amide bonds. The summed E-state index contributed by atoms with van der Waals surface area (Å²) in [7, 11) is 0. The predicted octanol–water partition coefficient (Wildman–Crippen LogP) is 20.9. The lowest BCUT2D eigenvalue weighted by Gasteiger charge is -2.18. The molecular weight excluding hydrogens is 889 g/mol. The van der Waals surface area contributed by atoms with Gasteiger partial charge in [0.15, 0.2) is 6.10 Å². The summed E-state index contributed by atoms with van der Waals surface area (Å²) in [6, 6.07) is 0. The van der Waals surface area contributed by atoms with E-state index in [1.165, 1.54) is 167 Å². The molecule has 6 heteroatoms. The number of unbranched alkanes of at least 4 members (excludes halogenated alkanes) is 33.